The molecule has 3 aliphatic carbocycles. The zero-order valence-corrected chi connectivity index (χ0v) is 21.2. The molecule has 2 heterocycles. The third-order valence-corrected chi connectivity index (χ3v) is 8.28. The maximum absolute atomic E-state index is 14.0. The number of pyridine rings is 1. The Balaban J connectivity index is 1.23. The normalized spacial score (nSPS) is 22.4. The first-order valence-corrected chi connectivity index (χ1v) is 12.9. The van der Waals surface area contributed by atoms with Gasteiger partial charge in [0.1, 0.15) is 5.41 Å². The van der Waals surface area contributed by atoms with Crippen molar-refractivity contribution in [2.75, 3.05) is 5.32 Å². The number of rotatable bonds is 4. The van der Waals surface area contributed by atoms with Gasteiger partial charge in [0.15, 0.2) is 5.82 Å². The van der Waals surface area contributed by atoms with E-state index < -0.39 is 10.8 Å². The fraction of sp³-hybridized carbons (Fsp3) is 0.156. The van der Waals surface area contributed by atoms with Gasteiger partial charge in [-0.05, 0) is 53.3 Å². The molecule has 0 saturated heterocycles. The van der Waals surface area contributed by atoms with E-state index in [4.69, 9.17) is 0 Å². The van der Waals surface area contributed by atoms with Crippen LogP contribution in [-0.2, 0) is 10.2 Å². The van der Waals surface area contributed by atoms with Gasteiger partial charge in [-0.2, -0.15) is 10.2 Å². The van der Waals surface area contributed by atoms with Crippen LogP contribution in [-0.4, -0.2) is 26.1 Å². The molecule has 0 fully saturated rings. The fourth-order valence-corrected chi connectivity index (χ4v) is 6.56. The molecule has 8 rings (SSSR count). The molecular formula is C32H24N6O. The number of nitrogens with zero attached hydrogens (tertiary/aromatic N) is 4. The highest BCUT2D eigenvalue weighted by molar-refractivity contribution is 5.96. The number of benzene rings is 3. The lowest BCUT2D eigenvalue weighted by molar-refractivity contribution is -0.127. The highest BCUT2D eigenvalue weighted by atomic mass is 16.2. The molecule has 3 aliphatic rings. The summed E-state index contributed by atoms with van der Waals surface area (Å²) in [5.74, 6) is 0.369. The molecule has 5 aromatic rings. The summed E-state index contributed by atoms with van der Waals surface area (Å²) >= 11 is 0. The molecule has 39 heavy (non-hydrogen) atoms. The zero-order chi connectivity index (χ0) is 26.6. The van der Waals surface area contributed by atoms with Gasteiger partial charge >= 0.3 is 0 Å². The second-order valence-electron chi connectivity index (χ2n) is 10.5. The number of fused-ring (bicyclic) bond motifs is 1. The van der Waals surface area contributed by atoms with Gasteiger partial charge in [-0.15, -0.1) is 5.10 Å². The predicted molar refractivity (Wildman–Crippen MR) is 148 cm³/mol. The molecule has 0 radical (unpaired) electrons. The summed E-state index contributed by atoms with van der Waals surface area (Å²) in [6, 6.07) is 30.5. The Morgan fingerprint density at radius 3 is 2.33 bits per heavy atom. The Labute approximate surface area is 225 Å². The van der Waals surface area contributed by atoms with Crippen molar-refractivity contribution in [3.63, 3.8) is 0 Å². The Bertz CT molecular complexity index is 1740. The van der Waals surface area contributed by atoms with Crippen LogP contribution >= 0.6 is 0 Å². The van der Waals surface area contributed by atoms with Crippen molar-refractivity contribution in [1.82, 2.24) is 20.2 Å². The van der Waals surface area contributed by atoms with Crippen LogP contribution in [0.3, 0.4) is 0 Å². The van der Waals surface area contributed by atoms with Crippen molar-refractivity contribution < 1.29 is 4.79 Å². The Hall–Kier alpha value is -5.09. The Kier molecular flexibility index (Phi) is 5.01. The predicted octanol–water partition coefficient (Wildman–Crippen LogP) is 5.84. The molecule has 2 aromatic heterocycles. The minimum Gasteiger partial charge on any atom is -0.293 e. The summed E-state index contributed by atoms with van der Waals surface area (Å²) in [5, 5.41) is 20.8. The number of hydrogen-bond donors (Lipinski definition) is 2. The molecule has 1 unspecified atom stereocenters. The summed E-state index contributed by atoms with van der Waals surface area (Å²) in [4.78, 5) is 22.8. The first kappa shape index (κ1) is 23.1. The lowest BCUT2D eigenvalue weighted by Gasteiger charge is -2.54. The van der Waals surface area contributed by atoms with E-state index in [2.05, 4.69) is 31.6 Å². The summed E-state index contributed by atoms with van der Waals surface area (Å²) < 4.78 is 0. The van der Waals surface area contributed by atoms with Gasteiger partial charge in [0.2, 0.25) is 11.9 Å². The van der Waals surface area contributed by atoms with E-state index in [1.54, 1.807) is 6.20 Å². The maximum atomic E-state index is 14.0. The number of aromatic nitrogens is 4. The van der Waals surface area contributed by atoms with Crippen molar-refractivity contribution >= 4 is 11.9 Å². The lowest BCUT2D eigenvalue weighted by atomic mass is 9.47. The number of aromatic amines is 1. The van der Waals surface area contributed by atoms with Gasteiger partial charge in [-0.1, -0.05) is 72.8 Å². The molecule has 7 nitrogen and oxygen atoms in total. The number of H-pyrrole nitrogens is 1. The first-order valence-electron chi connectivity index (χ1n) is 12.9. The number of amides is 1. The van der Waals surface area contributed by atoms with E-state index in [1.165, 1.54) is 0 Å². The lowest BCUT2D eigenvalue weighted by Crippen LogP contribution is -2.53. The van der Waals surface area contributed by atoms with Crippen molar-refractivity contribution in [3.8, 4) is 28.6 Å². The second-order valence-corrected chi connectivity index (χ2v) is 10.5. The number of carbonyl (C=O) groups excluding carboxylic acids is 1. The third kappa shape index (κ3) is 3.35. The molecular weight excluding hydrogens is 484 g/mol. The molecule has 3 aromatic carbocycles. The van der Waals surface area contributed by atoms with E-state index in [9.17, 15) is 10.1 Å². The van der Waals surface area contributed by atoms with Crippen LogP contribution in [0.25, 0.3) is 22.5 Å². The van der Waals surface area contributed by atoms with E-state index in [-0.39, 0.29) is 17.8 Å². The second kappa shape index (κ2) is 8.47. The molecule has 7 heteroatoms. The van der Waals surface area contributed by atoms with Crippen molar-refractivity contribution in [2.45, 2.75) is 24.7 Å². The van der Waals surface area contributed by atoms with E-state index in [0.29, 0.717) is 12.2 Å². The summed E-state index contributed by atoms with van der Waals surface area (Å²) in [7, 11) is 0. The van der Waals surface area contributed by atoms with Gasteiger partial charge < -0.3 is 0 Å². The SMILES string of the molecule is CC1(C(=O)Nc2n[nH]c(-c3cccc(-c4cccnc4)c3)n2)CC2(C#N)c3ccccc3C1c1ccccc12. The maximum Gasteiger partial charge on any atom is 0.249 e. The van der Waals surface area contributed by atoms with Crippen LogP contribution in [0.15, 0.2) is 97.3 Å². The molecule has 1 atom stereocenters. The average molecular weight is 509 g/mol. The molecule has 2 N–H and O–H groups in total. The number of hydrogen-bond acceptors (Lipinski definition) is 5. The minimum absolute atomic E-state index is 0.185. The highest BCUT2D eigenvalue weighted by Crippen LogP contribution is 2.63. The van der Waals surface area contributed by atoms with Crippen molar-refractivity contribution in [2.24, 2.45) is 5.41 Å². The van der Waals surface area contributed by atoms with E-state index in [0.717, 1.165) is 38.9 Å². The van der Waals surface area contributed by atoms with Crippen LogP contribution in [0.1, 0.15) is 41.5 Å². The van der Waals surface area contributed by atoms with Crippen molar-refractivity contribution in [1.29, 1.82) is 5.26 Å². The molecule has 0 saturated carbocycles. The van der Waals surface area contributed by atoms with Gasteiger partial charge in [0, 0.05) is 29.4 Å². The number of nitriles is 1. The highest BCUT2D eigenvalue weighted by Gasteiger charge is 2.61. The molecule has 188 valence electrons. The molecule has 2 bridgehead atoms. The van der Waals surface area contributed by atoms with Gasteiger partial charge in [0.25, 0.3) is 0 Å². The average Bonchev–Trinajstić information content (AvgIpc) is 3.46. The first-order chi connectivity index (χ1) is 19.0. The van der Waals surface area contributed by atoms with Crippen LogP contribution < -0.4 is 5.32 Å². The third-order valence-electron chi connectivity index (χ3n) is 8.28. The summed E-state index contributed by atoms with van der Waals surface area (Å²) in [6.45, 7) is 1.95. The van der Waals surface area contributed by atoms with Crippen molar-refractivity contribution in [3.05, 3.63) is 120 Å². The summed E-state index contributed by atoms with van der Waals surface area (Å²) in [6.07, 6.45) is 3.94. The Morgan fingerprint density at radius 1 is 0.949 bits per heavy atom. The van der Waals surface area contributed by atoms with Gasteiger partial charge in [0.05, 0.1) is 11.5 Å². The number of anilines is 1. The molecule has 0 spiro atoms. The Morgan fingerprint density at radius 2 is 1.64 bits per heavy atom. The number of nitrogens with one attached hydrogen (secondary N) is 2. The molecule has 1 amide bonds. The largest absolute Gasteiger partial charge is 0.293 e. The van der Waals surface area contributed by atoms with E-state index in [1.807, 2.05) is 98.0 Å². The van der Waals surface area contributed by atoms with Crippen LogP contribution in [0.4, 0.5) is 5.95 Å². The number of carbonyl (C=O) groups is 1. The monoisotopic (exact) mass is 508 g/mol. The quantitative estimate of drug-likeness (QED) is 0.317. The van der Waals surface area contributed by atoms with Crippen LogP contribution in [0.5, 0.6) is 0 Å². The van der Waals surface area contributed by atoms with Gasteiger partial charge in [-0.25, -0.2) is 0 Å². The summed E-state index contributed by atoms with van der Waals surface area (Å²) in [5.41, 5.74) is 5.13. The van der Waals surface area contributed by atoms with E-state index >= 15 is 0 Å². The molecule has 0 aliphatic heterocycles. The van der Waals surface area contributed by atoms with Crippen LogP contribution in [0.2, 0.25) is 0 Å². The standard InChI is InChI=1S/C32H24N6O/c1-31(18-32(19-33)25-13-4-2-11-23(25)27(31)24-12-3-5-14-26(24)32)29(39)36-30-35-28(37-38-30)21-9-6-8-20(16-21)22-10-7-15-34-17-22/h2-17,27H,18H2,1H3,(H2,35,36,37,38,39). The zero-order valence-electron chi connectivity index (χ0n) is 21.2. The minimum atomic E-state index is -0.898. The fourth-order valence-electron chi connectivity index (χ4n) is 6.56. The van der Waals surface area contributed by atoms with Crippen LogP contribution in [0, 0.1) is 16.7 Å². The topological polar surface area (TPSA) is 107 Å². The van der Waals surface area contributed by atoms with Gasteiger partial charge in [-0.3, -0.25) is 20.2 Å². The smallest absolute Gasteiger partial charge is 0.249 e.